The molecule has 0 saturated carbocycles. The second kappa shape index (κ2) is 5.06. The Morgan fingerprint density at radius 1 is 1.39 bits per heavy atom. The van der Waals surface area contributed by atoms with Gasteiger partial charge in [0, 0.05) is 19.5 Å². The Bertz CT molecular complexity index is 424. The number of nitrogens with zero attached hydrogens (tertiary/aromatic N) is 4. The highest BCUT2D eigenvalue weighted by atomic mass is 16.2. The zero-order valence-corrected chi connectivity index (χ0v) is 10.5. The van der Waals surface area contributed by atoms with Gasteiger partial charge in [-0.05, 0) is 31.8 Å². The van der Waals surface area contributed by atoms with E-state index in [0.29, 0.717) is 18.9 Å². The number of aromatic nitrogens is 3. The van der Waals surface area contributed by atoms with E-state index in [-0.39, 0.29) is 5.91 Å². The fraction of sp³-hybridized carbons (Fsp3) is 0.750. The van der Waals surface area contributed by atoms with Crippen molar-refractivity contribution in [2.75, 3.05) is 19.6 Å². The molecule has 1 aromatic heterocycles. The van der Waals surface area contributed by atoms with Gasteiger partial charge in [-0.2, -0.15) is 0 Å². The van der Waals surface area contributed by atoms with Crippen LogP contribution in [0.4, 0.5) is 0 Å². The molecule has 0 aromatic carbocycles. The van der Waals surface area contributed by atoms with E-state index in [1.807, 2.05) is 9.47 Å². The number of hydrogen-bond acceptors (Lipinski definition) is 4. The number of amides is 1. The molecule has 3 rings (SSSR count). The Kier molecular flexibility index (Phi) is 3.27. The van der Waals surface area contributed by atoms with E-state index < -0.39 is 0 Å². The van der Waals surface area contributed by atoms with Gasteiger partial charge in [0.25, 0.3) is 0 Å². The second-order valence-corrected chi connectivity index (χ2v) is 5.15. The van der Waals surface area contributed by atoms with Crippen LogP contribution in [-0.4, -0.2) is 45.2 Å². The third kappa shape index (κ3) is 2.38. The number of fused-ring (bicyclic) bond motifs is 1. The predicted octanol–water partition coefficient (Wildman–Crippen LogP) is 0.0100. The standard InChI is InChI=1S/C12H19N5O/c18-12(7-10-1-3-13-4-2-10)16-5-6-17-9-14-15-11(17)8-16/h9-10,13H,1-8H2. The summed E-state index contributed by atoms with van der Waals surface area (Å²) in [5, 5.41) is 11.3. The summed E-state index contributed by atoms with van der Waals surface area (Å²) in [4.78, 5) is 14.2. The normalized spacial score (nSPS) is 20.8. The van der Waals surface area contributed by atoms with Crippen LogP contribution in [0, 0.1) is 5.92 Å². The van der Waals surface area contributed by atoms with Gasteiger partial charge in [-0.1, -0.05) is 0 Å². The summed E-state index contributed by atoms with van der Waals surface area (Å²) in [7, 11) is 0. The Morgan fingerprint density at radius 2 is 2.22 bits per heavy atom. The Morgan fingerprint density at radius 3 is 3.06 bits per heavy atom. The van der Waals surface area contributed by atoms with Crippen LogP contribution >= 0.6 is 0 Å². The van der Waals surface area contributed by atoms with Crippen LogP contribution in [0.15, 0.2) is 6.33 Å². The first-order valence-electron chi connectivity index (χ1n) is 6.68. The highest BCUT2D eigenvalue weighted by Gasteiger charge is 2.24. The highest BCUT2D eigenvalue weighted by Crippen LogP contribution is 2.19. The second-order valence-electron chi connectivity index (χ2n) is 5.15. The fourth-order valence-electron chi connectivity index (χ4n) is 2.74. The largest absolute Gasteiger partial charge is 0.333 e. The van der Waals surface area contributed by atoms with Gasteiger partial charge in [-0.15, -0.1) is 10.2 Å². The molecule has 1 fully saturated rings. The number of piperidine rings is 1. The molecule has 98 valence electrons. The molecular formula is C12H19N5O. The molecule has 0 bridgehead atoms. The first-order chi connectivity index (χ1) is 8.83. The van der Waals surface area contributed by atoms with Crippen molar-refractivity contribution in [1.82, 2.24) is 25.0 Å². The monoisotopic (exact) mass is 249 g/mol. The molecule has 3 heterocycles. The highest BCUT2D eigenvalue weighted by molar-refractivity contribution is 5.76. The van der Waals surface area contributed by atoms with Gasteiger partial charge < -0.3 is 14.8 Å². The van der Waals surface area contributed by atoms with Crippen molar-refractivity contribution in [3.63, 3.8) is 0 Å². The quantitative estimate of drug-likeness (QED) is 0.802. The smallest absolute Gasteiger partial charge is 0.223 e. The van der Waals surface area contributed by atoms with Crippen molar-refractivity contribution in [2.45, 2.75) is 32.4 Å². The molecule has 1 N–H and O–H groups in total. The van der Waals surface area contributed by atoms with Crippen LogP contribution in [0.25, 0.3) is 0 Å². The van der Waals surface area contributed by atoms with Crippen molar-refractivity contribution in [2.24, 2.45) is 5.92 Å². The Labute approximate surface area is 106 Å². The van der Waals surface area contributed by atoms with E-state index in [9.17, 15) is 4.79 Å². The van der Waals surface area contributed by atoms with Gasteiger partial charge in [-0.3, -0.25) is 4.79 Å². The first kappa shape index (κ1) is 11.6. The van der Waals surface area contributed by atoms with Crippen LogP contribution in [0.2, 0.25) is 0 Å². The van der Waals surface area contributed by atoms with Gasteiger partial charge in [0.1, 0.15) is 6.33 Å². The number of hydrogen-bond donors (Lipinski definition) is 1. The average molecular weight is 249 g/mol. The maximum absolute atomic E-state index is 12.2. The van der Waals surface area contributed by atoms with Crippen LogP contribution in [0.1, 0.15) is 25.1 Å². The maximum atomic E-state index is 12.2. The Hall–Kier alpha value is -1.43. The van der Waals surface area contributed by atoms with Crippen molar-refractivity contribution in [3.8, 4) is 0 Å². The van der Waals surface area contributed by atoms with Gasteiger partial charge in [0.05, 0.1) is 6.54 Å². The van der Waals surface area contributed by atoms with E-state index >= 15 is 0 Å². The minimum Gasteiger partial charge on any atom is -0.333 e. The first-order valence-corrected chi connectivity index (χ1v) is 6.68. The third-order valence-corrected chi connectivity index (χ3v) is 3.91. The van der Waals surface area contributed by atoms with Gasteiger partial charge in [0.15, 0.2) is 5.82 Å². The lowest BCUT2D eigenvalue weighted by Gasteiger charge is -2.29. The molecule has 2 aliphatic heterocycles. The molecule has 18 heavy (non-hydrogen) atoms. The molecule has 0 aliphatic carbocycles. The van der Waals surface area contributed by atoms with Crippen LogP contribution < -0.4 is 5.32 Å². The van der Waals surface area contributed by atoms with Gasteiger partial charge >= 0.3 is 0 Å². The summed E-state index contributed by atoms with van der Waals surface area (Å²) in [5.41, 5.74) is 0. The van der Waals surface area contributed by atoms with Crippen molar-refractivity contribution < 1.29 is 4.79 Å². The molecule has 6 nitrogen and oxygen atoms in total. The molecule has 0 atom stereocenters. The van der Waals surface area contributed by atoms with Crippen molar-refractivity contribution >= 4 is 5.91 Å². The van der Waals surface area contributed by atoms with Crippen LogP contribution in [0.5, 0.6) is 0 Å². The number of carbonyl (C=O) groups excluding carboxylic acids is 1. The lowest BCUT2D eigenvalue weighted by Crippen LogP contribution is -2.40. The van der Waals surface area contributed by atoms with Crippen molar-refractivity contribution in [1.29, 1.82) is 0 Å². The van der Waals surface area contributed by atoms with Gasteiger partial charge in [0.2, 0.25) is 5.91 Å². The summed E-state index contributed by atoms with van der Waals surface area (Å²) in [5.74, 6) is 1.73. The summed E-state index contributed by atoms with van der Waals surface area (Å²) in [6.45, 7) is 4.32. The van der Waals surface area contributed by atoms with Crippen LogP contribution in [0.3, 0.4) is 0 Å². The molecular weight excluding hydrogens is 230 g/mol. The summed E-state index contributed by atoms with van der Waals surface area (Å²) in [6.07, 6.45) is 4.67. The summed E-state index contributed by atoms with van der Waals surface area (Å²) >= 11 is 0. The summed E-state index contributed by atoms with van der Waals surface area (Å²) in [6, 6.07) is 0. The van der Waals surface area contributed by atoms with E-state index in [1.54, 1.807) is 6.33 Å². The molecule has 1 saturated heterocycles. The lowest BCUT2D eigenvalue weighted by atomic mass is 9.94. The summed E-state index contributed by atoms with van der Waals surface area (Å²) < 4.78 is 2.02. The van der Waals surface area contributed by atoms with E-state index in [2.05, 4.69) is 15.5 Å². The topological polar surface area (TPSA) is 63.1 Å². The molecule has 1 aromatic rings. The fourth-order valence-corrected chi connectivity index (χ4v) is 2.74. The van der Waals surface area contributed by atoms with Crippen LogP contribution in [-0.2, 0) is 17.9 Å². The molecule has 6 heteroatoms. The van der Waals surface area contributed by atoms with Crippen molar-refractivity contribution in [3.05, 3.63) is 12.2 Å². The zero-order valence-electron chi connectivity index (χ0n) is 10.5. The molecule has 2 aliphatic rings. The SMILES string of the molecule is O=C(CC1CCNCC1)N1CCn2cnnc2C1. The molecule has 0 radical (unpaired) electrons. The van der Waals surface area contributed by atoms with E-state index in [4.69, 9.17) is 0 Å². The molecule has 1 amide bonds. The minimum absolute atomic E-state index is 0.274. The van der Waals surface area contributed by atoms with E-state index in [1.165, 1.54) is 0 Å². The average Bonchev–Trinajstić information content (AvgIpc) is 2.87. The number of carbonyl (C=O) groups is 1. The van der Waals surface area contributed by atoms with Gasteiger partial charge in [-0.25, -0.2) is 0 Å². The predicted molar refractivity (Wildman–Crippen MR) is 65.6 cm³/mol. The zero-order chi connectivity index (χ0) is 12.4. The number of rotatable bonds is 2. The maximum Gasteiger partial charge on any atom is 0.223 e. The lowest BCUT2D eigenvalue weighted by molar-refractivity contribution is -0.133. The molecule has 0 unspecified atom stereocenters. The van der Waals surface area contributed by atoms with E-state index in [0.717, 1.165) is 44.8 Å². The minimum atomic E-state index is 0.274. The molecule has 0 spiro atoms. The Balaban J connectivity index is 1.57. The third-order valence-electron chi connectivity index (χ3n) is 3.91. The number of nitrogens with one attached hydrogen (secondary N) is 1.